The highest BCUT2D eigenvalue weighted by Crippen LogP contribution is 2.28. The Balaban J connectivity index is 1.91. The molecule has 0 unspecified atom stereocenters. The molecule has 0 bridgehead atoms. The number of esters is 1. The van der Waals surface area contributed by atoms with Crippen LogP contribution in [0, 0.1) is 0 Å². The summed E-state index contributed by atoms with van der Waals surface area (Å²) in [5, 5.41) is 0. The maximum Gasteiger partial charge on any atom is 0.331 e. The summed E-state index contributed by atoms with van der Waals surface area (Å²) in [6.07, 6.45) is 2.84. The summed E-state index contributed by atoms with van der Waals surface area (Å²) in [5.41, 5.74) is 1.19. The smallest absolute Gasteiger partial charge is 0.331 e. The highest BCUT2D eigenvalue weighted by Gasteiger charge is 2.09. The topological polar surface area (TPSA) is 71.1 Å². The number of rotatable bonds is 9. The lowest BCUT2D eigenvalue weighted by Crippen LogP contribution is -2.12. The molecule has 0 saturated heterocycles. The molecule has 0 heterocycles. The van der Waals surface area contributed by atoms with Gasteiger partial charge in [0.2, 0.25) is 0 Å². The Morgan fingerprint density at radius 2 is 1.70 bits per heavy atom. The second-order valence-corrected chi connectivity index (χ2v) is 5.44. The number of ketones is 1. The Morgan fingerprint density at radius 3 is 2.33 bits per heavy atom. The minimum atomic E-state index is -0.607. The molecule has 2 aromatic carbocycles. The van der Waals surface area contributed by atoms with Crippen molar-refractivity contribution in [2.24, 2.45) is 0 Å². The molecule has 27 heavy (non-hydrogen) atoms. The third-order valence-corrected chi connectivity index (χ3v) is 3.66. The van der Waals surface area contributed by atoms with Crippen LogP contribution in [0.25, 0.3) is 6.08 Å². The SMILES string of the molecule is CCOc1ccc(/C=C/C(=O)OCC(=O)c2ccc(OC)cc2)cc1OC. The predicted molar refractivity (Wildman–Crippen MR) is 101 cm³/mol. The van der Waals surface area contributed by atoms with Gasteiger partial charge in [-0.05, 0) is 55.0 Å². The van der Waals surface area contributed by atoms with Crippen LogP contribution in [-0.2, 0) is 9.53 Å². The number of Topliss-reactive ketones (excluding diaryl/α,β-unsaturated/α-hetero) is 1. The van der Waals surface area contributed by atoms with Gasteiger partial charge in [0.15, 0.2) is 23.9 Å². The van der Waals surface area contributed by atoms with Gasteiger partial charge in [0.1, 0.15) is 5.75 Å². The summed E-state index contributed by atoms with van der Waals surface area (Å²) in [6, 6.07) is 11.9. The molecule has 0 saturated carbocycles. The fraction of sp³-hybridized carbons (Fsp3) is 0.238. The van der Waals surface area contributed by atoms with Crippen molar-refractivity contribution in [2.45, 2.75) is 6.92 Å². The van der Waals surface area contributed by atoms with E-state index in [2.05, 4.69) is 0 Å². The van der Waals surface area contributed by atoms with E-state index in [9.17, 15) is 9.59 Å². The first-order valence-corrected chi connectivity index (χ1v) is 8.40. The first kappa shape index (κ1) is 20.0. The number of methoxy groups -OCH3 is 2. The van der Waals surface area contributed by atoms with Gasteiger partial charge in [-0.2, -0.15) is 0 Å². The molecule has 6 heteroatoms. The van der Waals surface area contributed by atoms with Crippen LogP contribution in [0.1, 0.15) is 22.8 Å². The van der Waals surface area contributed by atoms with Crippen molar-refractivity contribution < 1.29 is 28.5 Å². The molecular formula is C21H22O6. The first-order chi connectivity index (χ1) is 13.1. The van der Waals surface area contributed by atoms with E-state index in [1.165, 1.54) is 6.08 Å². The van der Waals surface area contributed by atoms with Crippen LogP contribution in [0.4, 0.5) is 0 Å². The molecule has 0 aromatic heterocycles. The van der Waals surface area contributed by atoms with Gasteiger partial charge in [-0.3, -0.25) is 4.79 Å². The van der Waals surface area contributed by atoms with Crippen molar-refractivity contribution in [1.82, 2.24) is 0 Å². The Labute approximate surface area is 158 Å². The fourth-order valence-corrected chi connectivity index (χ4v) is 2.27. The fourth-order valence-electron chi connectivity index (χ4n) is 2.27. The maximum atomic E-state index is 12.0. The Bertz CT molecular complexity index is 808. The zero-order chi connectivity index (χ0) is 19.6. The zero-order valence-corrected chi connectivity index (χ0v) is 15.6. The molecule has 2 rings (SSSR count). The largest absolute Gasteiger partial charge is 0.497 e. The summed E-state index contributed by atoms with van der Waals surface area (Å²) < 4.78 is 20.7. The van der Waals surface area contributed by atoms with Crippen LogP contribution in [0.15, 0.2) is 48.5 Å². The van der Waals surface area contributed by atoms with Crippen molar-refractivity contribution in [2.75, 3.05) is 27.4 Å². The number of benzene rings is 2. The second-order valence-electron chi connectivity index (χ2n) is 5.44. The van der Waals surface area contributed by atoms with Crippen molar-refractivity contribution in [3.8, 4) is 17.2 Å². The predicted octanol–water partition coefficient (Wildman–Crippen LogP) is 3.54. The molecular weight excluding hydrogens is 348 g/mol. The molecule has 0 atom stereocenters. The van der Waals surface area contributed by atoms with E-state index in [0.717, 1.165) is 5.56 Å². The quantitative estimate of drug-likeness (QED) is 0.382. The molecule has 6 nitrogen and oxygen atoms in total. The summed E-state index contributed by atoms with van der Waals surface area (Å²) in [6.45, 7) is 2.08. The van der Waals surface area contributed by atoms with Crippen LogP contribution in [0.3, 0.4) is 0 Å². The van der Waals surface area contributed by atoms with Crippen LogP contribution >= 0.6 is 0 Å². The average Bonchev–Trinajstić information content (AvgIpc) is 2.71. The summed E-state index contributed by atoms with van der Waals surface area (Å²) >= 11 is 0. The average molecular weight is 370 g/mol. The molecule has 142 valence electrons. The minimum Gasteiger partial charge on any atom is -0.497 e. The number of hydrogen-bond acceptors (Lipinski definition) is 6. The summed E-state index contributed by atoms with van der Waals surface area (Å²) in [4.78, 5) is 23.9. The van der Waals surface area contributed by atoms with Gasteiger partial charge in [0.25, 0.3) is 0 Å². The van der Waals surface area contributed by atoms with Gasteiger partial charge in [-0.15, -0.1) is 0 Å². The maximum absolute atomic E-state index is 12.0. The van der Waals surface area contributed by atoms with Crippen LogP contribution in [0.2, 0.25) is 0 Å². The number of hydrogen-bond donors (Lipinski definition) is 0. The molecule has 2 aromatic rings. The Kier molecular flexibility index (Phi) is 7.43. The molecule has 0 spiro atoms. The van der Waals surface area contributed by atoms with Crippen LogP contribution < -0.4 is 14.2 Å². The molecule has 0 radical (unpaired) electrons. The van der Waals surface area contributed by atoms with Gasteiger partial charge >= 0.3 is 5.97 Å². The molecule has 0 N–H and O–H groups in total. The van der Waals surface area contributed by atoms with Gasteiger partial charge in [-0.1, -0.05) is 6.07 Å². The standard InChI is InChI=1S/C21H22O6/c1-4-26-19-11-5-15(13-20(19)25-3)6-12-21(23)27-14-18(22)16-7-9-17(24-2)10-8-16/h5-13H,4,14H2,1-3H3/b12-6+. The first-order valence-electron chi connectivity index (χ1n) is 8.40. The summed E-state index contributed by atoms with van der Waals surface area (Å²) in [5.74, 6) is 0.955. The number of carbonyl (C=O) groups is 2. The molecule has 0 aliphatic carbocycles. The van der Waals surface area contributed by atoms with Gasteiger partial charge < -0.3 is 18.9 Å². The number of carbonyl (C=O) groups excluding carboxylic acids is 2. The van der Waals surface area contributed by atoms with Crippen molar-refractivity contribution in [3.05, 3.63) is 59.7 Å². The molecule has 0 amide bonds. The lowest BCUT2D eigenvalue weighted by Gasteiger charge is -2.09. The third-order valence-electron chi connectivity index (χ3n) is 3.66. The monoisotopic (exact) mass is 370 g/mol. The van der Waals surface area contributed by atoms with Crippen LogP contribution in [-0.4, -0.2) is 39.2 Å². The third kappa shape index (κ3) is 5.88. The highest BCUT2D eigenvalue weighted by molar-refractivity contribution is 5.99. The number of ether oxygens (including phenoxy) is 4. The molecule has 0 aliphatic rings. The van der Waals surface area contributed by atoms with E-state index < -0.39 is 5.97 Å². The van der Waals surface area contributed by atoms with E-state index >= 15 is 0 Å². The second kappa shape index (κ2) is 10.0. The van der Waals surface area contributed by atoms with Crippen LogP contribution in [0.5, 0.6) is 17.2 Å². The van der Waals surface area contributed by atoms with E-state index in [1.54, 1.807) is 62.8 Å². The zero-order valence-electron chi connectivity index (χ0n) is 15.6. The lowest BCUT2D eigenvalue weighted by atomic mass is 10.1. The minimum absolute atomic E-state index is 0.290. The molecule has 0 aliphatic heterocycles. The molecule has 0 fully saturated rings. The van der Waals surface area contributed by atoms with Crippen molar-refractivity contribution in [3.63, 3.8) is 0 Å². The van der Waals surface area contributed by atoms with Gasteiger partial charge in [-0.25, -0.2) is 4.79 Å². The van der Waals surface area contributed by atoms with E-state index in [-0.39, 0.29) is 12.4 Å². The Morgan fingerprint density at radius 1 is 0.963 bits per heavy atom. The summed E-state index contributed by atoms with van der Waals surface area (Å²) in [7, 11) is 3.09. The van der Waals surface area contributed by atoms with E-state index in [0.29, 0.717) is 29.4 Å². The van der Waals surface area contributed by atoms with E-state index in [1.807, 2.05) is 6.92 Å². The van der Waals surface area contributed by atoms with Crippen molar-refractivity contribution >= 4 is 17.8 Å². The van der Waals surface area contributed by atoms with Crippen molar-refractivity contribution in [1.29, 1.82) is 0 Å². The van der Waals surface area contributed by atoms with Gasteiger partial charge in [0, 0.05) is 11.6 Å². The Hall–Kier alpha value is -3.28. The highest BCUT2D eigenvalue weighted by atomic mass is 16.5. The van der Waals surface area contributed by atoms with E-state index in [4.69, 9.17) is 18.9 Å². The normalized spacial score (nSPS) is 10.5. The lowest BCUT2D eigenvalue weighted by molar-refractivity contribution is -0.136. The van der Waals surface area contributed by atoms with Gasteiger partial charge in [0.05, 0.1) is 20.8 Å².